The largest absolute Gasteiger partial charge is 0.373 e. The molecule has 0 aromatic heterocycles. The molecule has 0 saturated carbocycles. The Kier molecular flexibility index (Phi) is 4.36. The van der Waals surface area contributed by atoms with Gasteiger partial charge in [0.15, 0.2) is 0 Å². The lowest BCUT2D eigenvalue weighted by molar-refractivity contribution is -0.0782. The van der Waals surface area contributed by atoms with Gasteiger partial charge in [0.1, 0.15) is 5.82 Å². The van der Waals surface area contributed by atoms with Gasteiger partial charge in [-0.25, -0.2) is 4.39 Å². The standard InChI is InChI=1S/C15H22FNO/c1-11(8-14-4-6-15(16)7-5-14)17-9-12(2)18-13(3)10-17/h4-7,11-13H,8-10H2,1-3H3/t11-,12-,13-/m0/s1. The molecular weight excluding hydrogens is 229 g/mol. The zero-order valence-electron chi connectivity index (χ0n) is 11.4. The van der Waals surface area contributed by atoms with Crippen molar-refractivity contribution in [2.45, 2.75) is 45.4 Å². The fourth-order valence-electron chi connectivity index (χ4n) is 2.67. The van der Waals surface area contributed by atoms with E-state index in [0.717, 1.165) is 19.5 Å². The van der Waals surface area contributed by atoms with E-state index in [1.54, 1.807) is 0 Å². The van der Waals surface area contributed by atoms with E-state index in [9.17, 15) is 4.39 Å². The second-order valence-electron chi connectivity index (χ2n) is 5.39. The Morgan fingerprint density at radius 1 is 1.22 bits per heavy atom. The van der Waals surface area contributed by atoms with Crippen LogP contribution in [0.1, 0.15) is 26.3 Å². The minimum absolute atomic E-state index is 0.167. The van der Waals surface area contributed by atoms with Crippen LogP contribution in [0.25, 0.3) is 0 Å². The first-order valence-corrected chi connectivity index (χ1v) is 6.68. The second-order valence-corrected chi connectivity index (χ2v) is 5.39. The van der Waals surface area contributed by atoms with Gasteiger partial charge >= 0.3 is 0 Å². The number of hydrogen-bond acceptors (Lipinski definition) is 2. The molecule has 1 fully saturated rings. The molecule has 0 unspecified atom stereocenters. The smallest absolute Gasteiger partial charge is 0.123 e. The highest BCUT2D eigenvalue weighted by molar-refractivity contribution is 5.17. The predicted molar refractivity (Wildman–Crippen MR) is 71.1 cm³/mol. The van der Waals surface area contributed by atoms with Gasteiger partial charge in [0.25, 0.3) is 0 Å². The number of ether oxygens (including phenoxy) is 1. The van der Waals surface area contributed by atoms with E-state index in [2.05, 4.69) is 25.7 Å². The Hall–Kier alpha value is -0.930. The van der Waals surface area contributed by atoms with Crippen molar-refractivity contribution >= 4 is 0 Å². The molecule has 0 spiro atoms. The second kappa shape index (κ2) is 5.81. The molecule has 1 aromatic carbocycles. The molecule has 1 aromatic rings. The summed E-state index contributed by atoms with van der Waals surface area (Å²) in [7, 11) is 0. The zero-order valence-corrected chi connectivity index (χ0v) is 11.4. The molecule has 0 radical (unpaired) electrons. The van der Waals surface area contributed by atoms with Gasteiger partial charge in [0.2, 0.25) is 0 Å². The van der Waals surface area contributed by atoms with Gasteiger partial charge in [-0.3, -0.25) is 4.90 Å². The van der Waals surface area contributed by atoms with Crippen LogP contribution in [0.2, 0.25) is 0 Å². The first kappa shape index (κ1) is 13.5. The van der Waals surface area contributed by atoms with Gasteiger partial charge < -0.3 is 4.74 Å². The Morgan fingerprint density at radius 2 is 1.78 bits per heavy atom. The van der Waals surface area contributed by atoms with Crippen LogP contribution in [0.4, 0.5) is 4.39 Å². The monoisotopic (exact) mass is 251 g/mol. The van der Waals surface area contributed by atoms with Gasteiger partial charge in [-0.05, 0) is 44.9 Å². The Morgan fingerprint density at radius 3 is 2.33 bits per heavy atom. The summed E-state index contributed by atoms with van der Waals surface area (Å²) in [6.45, 7) is 8.42. The van der Waals surface area contributed by atoms with Gasteiger partial charge in [0.05, 0.1) is 12.2 Å². The lowest BCUT2D eigenvalue weighted by Gasteiger charge is -2.39. The Labute approximate surface area is 109 Å². The molecule has 1 aliphatic heterocycles. The van der Waals surface area contributed by atoms with Crippen molar-refractivity contribution in [3.63, 3.8) is 0 Å². The number of hydrogen-bond donors (Lipinski definition) is 0. The van der Waals surface area contributed by atoms with Gasteiger partial charge in [-0.2, -0.15) is 0 Å². The van der Waals surface area contributed by atoms with Crippen LogP contribution >= 0.6 is 0 Å². The summed E-state index contributed by atoms with van der Waals surface area (Å²) in [6.07, 6.45) is 1.55. The number of morpholine rings is 1. The lowest BCUT2D eigenvalue weighted by atomic mass is 10.0. The average Bonchev–Trinajstić information content (AvgIpc) is 2.31. The van der Waals surface area contributed by atoms with E-state index >= 15 is 0 Å². The zero-order chi connectivity index (χ0) is 13.1. The van der Waals surface area contributed by atoms with Crippen LogP contribution in [-0.2, 0) is 11.2 Å². The third-order valence-electron chi connectivity index (χ3n) is 3.52. The first-order chi connectivity index (χ1) is 8.54. The van der Waals surface area contributed by atoms with E-state index in [-0.39, 0.29) is 5.82 Å². The Bertz CT molecular complexity index is 369. The molecule has 1 saturated heterocycles. The van der Waals surface area contributed by atoms with E-state index in [1.807, 2.05) is 12.1 Å². The third-order valence-corrected chi connectivity index (χ3v) is 3.52. The molecule has 3 atom stereocenters. The molecule has 2 rings (SSSR count). The topological polar surface area (TPSA) is 12.5 Å². The summed E-state index contributed by atoms with van der Waals surface area (Å²) in [5, 5.41) is 0. The molecule has 0 amide bonds. The normalized spacial score (nSPS) is 27.1. The average molecular weight is 251 g/mol. The molecule has 0 aliphatic carbocycles. The molecule has 0 bridgehead atoms. The molecule has 0 N–H and O–H groups in total. The van der Waals surface area contributed by atoms with Crippen LogP contribution in [0.3, 0.4) is 0 Å². The van der Waals surface area contributed by atoms with Crippen molar-refractivity contribution < 1.29 is 9.13 Å². The van der Waals surface area contributed by atoms with Crippen LogP contribution in [0.15, 0.2) is 24.3 Å². The predicted octanol–water partition coefficient (Wildman–Crippen LogP) is 2.87. The summed E-state index contributed by atoms with van der Waals surface area (Å²) in [5.41, 5.74) is 1.19. The fourth-order valence-corrected chi connectivity index (χ4v) is 2.67. The quantitative estimate of drug-likeness (QED) is 0.819. The van der Waals surface area contributed by atoms with Crippen molar-refractivity contribution in [1.29, 1.82) is 0 Å². The van der Waals surface area contributed by atoms with E-state index in [1.165, 1.54) is 17.7 Å². The van der Waals surface area contributed by atoms with Crippen molar-refractivity contribution in [2.24, 2.45) is 0 Å². The SMILES string of the molecule is C[C@H]1CN([C@@H](C)Cc2ccc(F)cc2)C[C@H](C)O1. The molecule has 18 heavy (non-hydrogen) atoms. The minimum Gasteiger partial charge on any atom is -0.373 e. The molecule has 3 heteroatoms. The number of halogens is 1. The first-order valence-electron chi connectivity index (χ1n) is 6.68. The summed E-state index contributed by atoms with van der Waals surface area (Å²) in [5.74, 6) is -0.167. The van der Waals surface area contributed by atoms with Crippen LogP contribution < -0.4 is 0 Å². The van der Waals surface area contributed by atoms with Crippen molar-refractivity contribution in [1.82, 2.24) is 4.90 Å². The van der Waals surface area contributed by atoms with Gasteiger partial charge in [-0.15, -0.1) is 0 Å². The van der Waals surface area contributed by atoms with E-state index in [0.29, 0.717) is 18.2 Å². The molecule has 2 nitrogen and oxygen atoms in total. The van der Waals surface area contributed by atoms with Gasteiger partial charge in [0, 0.05) is 19.1 Å². The van der Waals surface area contributed by atoms with E-state index < -0.39 is 0 Å². The highest BCUT2D eigenvalue weighted by atomic mass is 19.1. The Balaban J connectivity index is 1.94. The molecule has 100 valence electrons. The lowest BCUT2D eigenvalue weighted by Crippen LogP contribution is -2.49. The van der Waals surface area contributed by atoms with E-state index in [4.69, 9.17) is 4.74 Å². The minimum atomic E-state index is -0.167. The fraction of sp³-hybridized carbons (Fsp3) is 0.600. The van der Waals surface area contributed by atoms with Crippen molar-refractivity contribution in [3.8, 4) is 0 Å². The number of benzene rings is 1. The van der Waals surface area contributed by atoms with Crippen LogP contribution in [0, 0.1) is 5.82 Å². The summed E-state index contributed by atoms with van der Waals surface area (Å²) in [6, 6.07) is 7.28. The van der Waals surface area contributed by atoms with Crippen LogP contribution in [0.5, 0.6) is 0 Å². The maximum absolute atomic E-state index is 12.9. The summed E-state index contributed by atoms with van der Waals surface area (Å²) in [4.78, 5) is 2.46. The molecule has 1 heterocycles. The van der Waals surface area contributed by atoms with Crippen molar-refractivity contribution in [2.75, 3.05) is 13.1 Å². The maximum Gasteiger partial charge on any atom is 0.123 e. The highest BCUT2D eigenvalue weighted by Crippen LogP contribution is 2.16. The number of rotatable bonds is 3. The van der Waals surface area contributed by atoms with Crippen LogP contribution in [-0.4, -0.2) is 36.2 Å². The summed E-state index contributed by atoms with van der Waals surface area (Å²) >= 11 is 0. The highest BCUT2D eigenvalue weighted by Gasteiger charge is 2.25. The molecule has 1 aliphatic rings. The maximum atomic E-state index is 12.9. The summed E-state index contributed by atoms with van der Waals surface area (Å²) < 4.78 is 18.6. The number of nitrogens with zero attached hydrogens (tertiary/aromatic N) is 1. The van der Waals surface area contributed by atoms with Gasteiger partial charge in [-0.1, -0.05) is 12.1 Å². The third kappa shape index (κ3) is 3.53. The molecular formula is C15H22FNO. The van der Waals surface area contributed by atoms with Crippen molar-refractivity contribution in [3.05, 3.63) is 35.6 Å².